The van der Waals surface area contributed by atoms with E-state index in [-0.39, 0.29) is 6.03 Å². The van der Waals surface area contributed by atoms with Gasteiger partial charge in [-0.25, -0.2) is 4.79 Å². The van der Waals surface area contributed by atoms with Crippen LogP contribution < -0.4 is 5.32 Å². The molecule has 1 heterocycles. The van der Waals surface area contributed by atoms with Crippen molar-refractivity contribution in [3.63, 3.8) is 0 Å². The van der Waals surface area contributed by atoms with Crippen LogP contribution in [0, 0.1) is 5.41 Å². The van der Waals surface area contributed by atoms with Gasteiger partial charge in [-0.1, -0.05) is 12.2 Å². The first-order valence-electron chi connectivity index (χ1n) is 7.92. The zero-order chi connectivity index (χ0) is 14.3. The van der Waals surface area contributed by atoms with Gasteiger partial charge in [0.1, 0.15) is 0 Å². The summed E-state index contributed by atoms with van der Waals surface area (Å²) in [4.78, 5) is 14.2. The third-order valence-electron chi connectivity index (χ3n) is 4.56. The van der Waals surface area contributed by atoms with Crippen molar-refractivity contribution in [3.8, 4) is 0 Å². The van der Waals surface area contributed by atoms with Crippen molar-refractivity contribution in [1.82, 2.24) is 10.2 Å². The fourth-order valence-corrected chi connectivity index (χ4v) is 3.37. The van der Waals surface area contributed by atoms with Crippen molar-refractivity contribution in [2.45, 2.75) is 44.9 Å². The highest BCUT2D eigenvalue weighted by atomic mass is 16.5. The Morgan fingerprint density at radius 2 is 2.25 bits per heavy atom. The molecular formula is C16H28N2O2. The number of likely N-dealkylation sites (tertiary alicyclic amines) is 1. The van der Waals surface area contributed by atoms with Crippen LogP contribution in [-0.4, -0.2) is 44.3 Å². The molecule has 2 amide bonds. The lowest BCUT2D eigenvalue weighted by Gasteiger charge is -2.43. The van der Waals surface area contributed by atoms with E-state index >= 15 is 0 Å². The van der Waals surface area contributed by atoms with Crippen molar-refractivity contribution >= 4 is 6.03 Å². The van der Waals surface area contributed by atoms with Crippen LogP contribution in [0.4, 0.5) is 4.79 Å². The minimum Gasteiger partial charge on any atom is -0.385 e. The third kappa shape index (κ3) is 4.23. The number of amides is 2. The number of carbonyl (C=O) groups is 1. The molecule has 1 spiro atoms. The summed E-state index contributed by atoms with van der Waals surface area (Å²) in [5.41, 5.74) is 0.361. The van der Waals surface area contributed by atoms with Crippen LogP contribution in [0.5, 0.6) is 0 Å². The number of nitrogens with zero attached hydrogens (tertiary/aromatic N) is 1. The van der Waals surface area contributed by atoms with Gasteiger partial charge in [-0.3, -0.25) is 0 Å². The molecule has 0 bridgehead atoms. The molecule has 0 aromatic rings. The minimum atomic E-state index is 0.121. The van der Waals surface area contributed by atoms with Crippen LogP contribution in [0.15, 0.2) is 12.2 Å². The smallest absolute Gasteiger partial charge is 0.317 e. The number of rotatable bonds is 5. The van der Waals surface area contributed by atoms with Crippen molar-refractivity contribution in [2.24, 2.45) is 5.41 Å². The number of allylic oxidation sites excluding steroid dienone is 2. The average Bonchev–Trinajstić information content (AvgIpc) is 2.48. The monoisotopic (exact) mass is 280 g/mol. The van der Waals surface area contributed by atoms with Crippen LogP contribution in [0.2, 0.25) is 0 Å². The molecule has 0 saturated carbocycles. The molecule has 1 aliphatic heterocycles. The second kappa shape index (κ2) is 7.67. The number of carbonyl (C=O) groups excluding carboxylic acids is 1. The van der Waals surface area contributed by atoms with E-state index in [1.54, 1.807) is 7.11 Å². The summed E-state index contributed by atoms with van der Waals surface area (Å²) in [6.45, 7) is 3.37. The molecular weight excluding hydrogens is 252 g/mol. The van der Waals surface area contributed by atoms with Gasteiger partial charge in [0.2, 0.25) is 0 Å². The lowest BCUT2D eigenvalue weighted by atomic mass is 9.71. The first-order chi connectivity index (χ1) is 9.76. The molecule has 1 N–H and O–H groups in total. The quantitative estimate of drug-likeness (QED) is 0.621. The van der Waals surface area contributed by atoms with Crippen LogP contribution in [0.25, 0.3) is 0 Å². The van der Waals surface area contributed by atoms with Crippen LogP contribution >= 0.6 is 0 Å². The molecule has 1 saturated heterocycles. The van der Waals surface area contributed by atoms with Crippen molar-refractivity contribution in [1.29, 1.82) is 0 Å². The Morgan fingerprint density at radius 1 is 1.35 bits per heavy atom. The van der Waals surface area contributed by atoms with Gasteiger partial charge >= 0.3 is 6.03 Å². The van der Waals surface area contributed by atoms with Gasteiger partial charge in [0, 0.05) is 33.4 Å². The summed E-state index contributed by atoms with van der Waals surface area (Å²) >= 11 is 0. The van der Waals surface area contributed by atoms with E-state index in [2.05, 4.69) is 17.5 Å². The number of nitrogens with one attached hydrogen (secondary N) is 1. The minimum absolute atomic E-state index is 0.121. The van der Waals surface area contributed by atoms with Gasteiger partial charge in [0.25, 0.3) is 0 Å². The topological polar surface area (TPSA) is 41.6 Å². The largest absolute Gasteiger partial charge is 0.385 e. The summed E-state index contributed by atoms with van der Waals surface area (Å²) < 4.78 is 5.01. The maximum Gasteiger partial charge on any atom is 0.317 e. The fourth-order valence-electron chi connectivity index (χ4n) is 3.37. The zero-order valence-electron chi connectivity index (χ0n) is 12.7. The van der Waals surface area contributed by atoms with E-state index in [9.17, 15) is 4.79 Å². The van der Waals surface area contributed by atoms with Crippen molar-refractivity contribution in [3.05, 3.63) is 12.2 Å². The highest BCUT2D eigenvalue weighted by Gasteiger charge is 2.36. The van der Waals surface area contributed by atoms with Gasteiger partial charge in [-0.05, 0) is 50.4 Å². The highest BCUT2D eigenvalue weighted by Crippen LogP contribution is 2.40. The molecule has 1 fully saturated rings. The van der Waals surface area contributed by atoms with Crippen LogP contribution in [0.3, 0.4) is 0 Å². The second-order valence-corrected chi connectivity index (χ2v) is 6.17. The van der Waals surface area contributed by atoms with Crippen molar-refractivity contribution < 1.29 is 9.53 Å². The Kier molecular flexibility index (Phi) is 5.89. The predicted octanol–water partition coefficient (Wildman–Crippen LogP) is 2.94. The number of unbranched alkanes of at least 4 members (excludes halogenated alkanes) is 1. The van der Waals surface area contributed by atoms with Gasteiger partial charge < -0.3 is 15.0 Å². The van der Waals surface area contributed by atoms with Gasteiger partial charge in [-0.2, -0.15) is 0 Å². The van der Waals surface area contributed by atoms with Crippen molar-refractivity contribution in [2.75, 3.05) is 33.4 Å². The highest BCUT2D eigenvalue weighted by molar-refractivity contribution is 5.74. The Labute approximate surface area is 122 Å². The maximum atomic E-state index is 12.2. The molecule has 2 aliphatic rings. The van der Waals surface area contributed by atoms with E-state index < -0.39 is 0 Å². The van der Waals surface area contributed by atoms with Gasteiger partial charge in [-0.15, -0.1) is 0 Å². The lowest BCUT2D eigenvalue weighted by Crippen LogP contribution is -2.50. The van der Waals surface area contributed by atoms with E-state index in [4.69, 9.17) is 4.74 Å². The molecule has 0 radical (unpaired) electrons. The first-order valence-corrected chi connectivity index (χ1v) is 7.92. The molecule has 114 valence electrons. The zero-order valence-corrected chi connectivity index (χ0v) is 12.7. The van der Waals surface area contributed by atoms with Crippen LogP contribution in [0.1, 0.15) is 44.9 Å². The van der Waals surface area contributed by atoms with E-state index in [1.165, 1.54) is 19.3 Å². The maximum absolute atomic E-state index is 12.2. The number of methoxy groups -OCH3 is 1. The van der Waals surface area contributed by atoms with Gasteiger partial charge in [0.15, 0.2) is 0 Å². The van der Waals surface area contributed by atoms with E-state index in [0.29, 0.717) is 5.41 Å². The third-order valence-corrected chi connectivity index (χ3v) is 4.56. The Hall–Kier alpha value is -1.03. The predicted molar refractivity (Wildman–Crippen MR) is 80.7 cm³/mol. The summed E-state index contributed by atoms with van der Waals surface area (Å²) in [7, 11) is 1.71. The Balaban J connectivity index is 1.74. The molecule has 20 heavy (non-hydrogen) atoms. The van der Waals surface area contributed by atoms with Crippen LogP contribution in [-0.2, 0) is 4.74 Å². The number of urea groups is 1. The molecule has 0 aromatic carbocycles. The number of hydrogen-bond acceptors (Lipinski definition) is 2. The molecule has 0 aromatic heterocycles. The molecule has 1 aliphatic carbocycles. The lowest BCUT2D eigenvalue weighted by molar-refractivity contribution is 0.0959. The average molecular weight is 280 g/mol. The number of piperidine rings is 1. The summed E-state index contributed by atoms with van der Waals surface area (Å²) in [5.74, 6) is 0. The number of ether oxygens (including phenoxy) is 1. The molecule has 2 rings (SSSR count). The number of hydrogen-bond donors (Lipinski definition) is 1. The molecule has 1 atom stereocenters. The normalized spacial score (nSPS) is 25.9. The second-order valence-electron chi connectivity index (χ2n) is 6.17. The molecule has 1 unspecified atom stereocenters. The molecule has 4 nitrogen and oxygen atoms in total. The summed E-state index contributed by atoms with van der Waals surface area (Å²) in [5, 5.41) is 3.05. The van der Waals surface area contributed by atoms with E-state index in [1.807, 2.05) is 4.90 Å². The fraction of sp³-hybridized carbons (Fsp3) is 0.812. The summed E-state index contributed by atoms with van der Waals surface area (Å²) in [6.07, 6.45) is 12.5. The Morgan fingerprint density at radius 3 is 3.00 bits per heavy atom. The van der Waals surface area contributed by atoms with Gasteiger partial charge in [0.05, 0.1) is 0 Å². The van der Waals surface area contributed by atoms with E-state index in [0.717, 1.165) is 51.9 Å². The summed E-state index contributed by atoms with van der Waals surface area (Å²) in [6, 6.07) is 0.121. The SMILES string of the molecule is COCCCCNC(=O)N1CCCC2(CC=CCC2)C1. The standard InChI is InChI=1S/C16H28N2O2/c1-20-13-6-5-11-17-15(19)18-12-7-10-16(14-18)8-3-2-4-9-16/h2-3H,4-14H2,1H3,(H,17,19). The molecule has 4 heteroatoms. The first kappa shape index (κ1) is 15.4. The Bertz CT molecular complexity index is 343.